The number of rotatable bonds is 9. The minimum atomic E-state index is -3.78. The van der Waals surface area contributed by atoms with E-state index in [1.165, 1.54) is 0 Å². The summed E-state index contributed by atoms with van der Waals surface area (Å²) in [5.74, 6) is -2.01. The maximum Gasteiger partial charge on any atom is 0.304 e. The molecule has 1 amide bonds. The van der Waals surface area contributed by atoms with Crippen molar-refractivity contribution < 1.29 is 23.1 Å². The minimum absolute atomic E-state index is 0.0141. The second-order valence-corrected chi connectivity index (χ2v) is 14.5. The highest BCUT2D eigenvalue weighted by molar-refractivity contribution is 7.91. The van der Waals surface area contributed by atoms with Crippen molar-refractivity contribution in [3.05, 3.63) is 99.5 Å². The van der Waals surface area contributed by atoms with Crippen LogP contribution in [0.3, 0.4) is 0 Å². The third-order valence-electron chi connectivity index (χ3n) is 8.47. The second-order valence-electron chi connectivity index (χ2n) is 11.7. The van der Waals surface area contributed by atoms with Crippen LogP contribution in [0.2, 0.25) is 10.0 Å². The molecule has 3 aromatic rings. The predicted molar refractivity (Wildman–Crippen MR) is 160 cm³/mol. The van der Waals surface area contributed by atoms with Crippen LogP contribution in [0.1, 0.15) is 61.3 Å². The average Bonchev–Trinajstić information content (AvgIpc) is 3.75. The first-order valence-electron chi connectivity index (χ1n) is 13.7. The predicted octanol–water partition coefficient (Wildman–Crippen LogP) is 7.09. The fourth-order valence-electron chi connectivity index (χ4n) is 6.39. The standard InChI is InChI=1S/C32H33Cl2NO5S/c1-20-6-3-4-9-28(20)41(39,40)19-27(21-10-11-21)35-30(22-12-14-24(33)15-13-22)26(23-7-5-8-25(34)16-23)17-32(2,31(35)38)18-29(36)37/h3-9,12-16,21,26-27,30H,10-11,17-19H2,1-2H3,(H,36,37)/t26-,27-,30-,32+/m1/s1. The van der Waals surface area contributed by atoms with E-state index in [4.69, 9.17) is 23.2 Å². The summed E-state index contributed by atoms with van der Waals surface area (Å²) in [5.41, 5.74) is 1.07. The van der Waals surface area contributed by atoms with Crippen LogP contribution in [0.25, 0.3) is 0 Å². The SMILES string of the molecule is Cc1ccccc1S(=O)(=O)C[C@H](C1CC1)N1C(=O)[C@](C)(CC(=O)O)C[C@H](c2cccc(Cl)c2)[C@H]1c1ccc(Cl)cc1. The summed E-state index contributed by atoms with van der Waals surface area (Å²) < 4.78 is 27.8. The van der Waals surface area contributed by atoms with E-state index in [1.807, 2.05) is 30.3 Å². The number of amides is 1. The Hall–Kier alpha value is -2.87. The van der Waals surface area contributed by atoms with Crippen LogP contribution >= 0.6 is 23.2 Å². The zero-order valence-electron chi connectivity index (χ0n) is 23.0. The largest absolute Gasteiger partial charge is 0.481 e. The van der Waals surface area contributed by atoms with E-state index in [-0.39, 0.29) is 41.2 Å². The highest BCUT2D eigenvalue weighted by Gasteiger charge is 2.55. The Labute approximate surface area is 251 Å². The fraction of sp³-hybridized carbons (Fsp3) is 0.375. The Bertz CT molecular complexity index is 1570. The van der Waals surface area contributed by atoms with Crippen LogP contribution in [-0.2, 0) is 19.4 Å². The van der Waals surface area contributed by atoms with Gasteiger partial charge in [0.15, 0.2) is 9.84 Å². The van der Waals surface area contributed by atoms with Gasteiger partial charge in [-0.15, -0.1) is 0 Å². The molecule has 4 atom stereocenters. The lowest BCUT2D eigenvalue weighted by Gasteiger charge is -2.52. The summed E-state index contributed by atoms with van der Waals surface area (Å²) >= 11 is 12.7. The number of carbonyl (C=O) groups is 2. The lowest BCUT2D eigenvalue weighted by Crippen LogP contribution is -2.58. The van der Waals surface area contributed by atoms with Gasteiger partial charge < -0.3 is 10.0 Å². The third kappa shape index (κ3) is 6.18. The van der Waals surface area contributed by atoms with Crippen molar-refractivity contribution in [2.75, 3.05) is 5.75 Å². The Morgan fingerprint density at radius 2 is 1.68 bits per heavy atom. The lowest BCUT2D eigenvalue weighted by molar-refractivity contribution is -0.160. The van der Waals surface area contributed by atoms with Gasteiger partial charge in [-0.1, -0.05) is 72.6 Å². The van der Waals surface area contributed by atoms with E-state index in [0.29, 0.717) is 15.6 Å². The topological polar surface area (TPSA) is 91.8 Å². The molecule has 0 radical (unpaired) electrons. The van der Waals surface area contributed by atoms with Crippen LogP contribution < -0.4 is 0 Å². The molecule has 0 spiro atoms. The molecule has 9 heteroatoms. The molecule has 0 aromatic heterocycles. The van der Waals surface area contributed by atoms with Gasteiger partial charge in [0.2, 0.25) is 5.91 Å². The molecule has 1 saturated carbocycles. The van der Waals surface area contributed by atoms with Gasteiger partial charge in [0.05, 0.1) is 28.5 Å². The molecule has 2 fully saturated rings. The molecule has 1 saturated heterocycles. The van der Waals surface area contributed by atoms with Crippen molar-refractivity contribution in [3.8, 4) is 0 Å². The normalized spacial score (nSPS) is 23.8. The number of carbonyl (C=O) groups excluding carboxylic acids is 1. The van der Waals surface area contributed by atoms with Crippen LogP contribution in [0.15, 0.2) is 77.7 Å². The zero-order valence-corrected chi connectivity index (χ0v) is 25.3. The molecule has 2 aliphatic rings. The Kier molecular flexibility index (Phi) is 8.25. The van der Waals surface area contributed by atoms with Gasteiger partial charge in [0, 0.05) is 22.0 Å². The Balaban J connectivity index is 1.69. The van der Waals surface area contributed by atoms with Crippen molar-refractivity contribution in [1.29, 1.82) is 0 Å². The number of halogens is 2. The number of piperidine rings is 1. The van der Waals surface area contributed by atoms with Gasteiger partial charge in [0.1, 0.15) is 0 Å². The summed E-state index contributed by atoms with van der Waals surface area (Å²) in [7, 11) is -3.78. The van der Waals surface area contributed by atoms with Crippen molar-refractivity contribution in [3.63, 3.8) is 0 Å². The van der Waals surface area contributed by atoms with Gasteiger partial charge in [-0.2, -0.15) is 0 Å². The Morgan fingerprint density at radius 3 is 2.29 bits per heavy atom. The van der Waals surface area contributed by atoms with Gasteiger partial charge in [-0.25, -0.2) is 8.42 Å². The first kappa shape index (κ1) is 29.6. The van der Waals surface area contributed by atoms with Crippen LogP contribution in [-0.4, -0.2) is 42.1 Å². The summed E-state index contributed by atoms with van der Waals surface area (Å²) in [4.78, 5) is 28.6. The highest BCUT2D eigenvalue weighted by atomic mass is 35.5. The number of benzene rings is 3. The molecule has 1 aliphatic heterocycles. The van der Waals surface area contributed by atoms with Gasteiger partial charge >= 0.3 is 5.97 Å². The van der Waals surface area contributed by atoms with Gasteiger partial charge in [0.25, 0.3) is 0 Å². The highest BCUT2D eigenvalue weighted by Crippen LogP contribution is 2.54. The van der Waals surface area contributed by atoms with Crippen molar-refractivity contribution in [2.45, 2.75) is 62.4 Å². The summed E-state index contributed by atoms with van der Waals surface area (Å²) in [6.45, 7) is 3.45. The van der Waals surface area contributed by atoms with E-state index in [9.17, 15) is 23.1 Å². The van der Waals surface area contributed by atoms with Crippen LogP contribution in [0.4, 0.5) is 0 Å². The molecule has 5 rings (SSSR count). The third-order valence-corrected chi connectivity index (χ3v) is 10.9. The number of hydrogen-bond acceptors (Lipinski definition) is 4. The number of aliphatic carboxylic acids is 1. The summed E-state index contributed by atoms with van der Waals surface area (Å²) in [6, 6.07) is 20.3. The molecular weight excluding hydrogens is 581 g/mol. The van der Waals surface area contributed by atoms with Crippen LogP contribution in [0, 0.1) is 18.3 Å². The van der Waals surface area contributed by atoms with Gasteiger partial charge in [-0.3, -0.25) is 9.59 Å². The number of likely N-dealkylation sites (tertiary alicyclic amines) is 1. The summed E-state index contributed by atoms with van der Waals surface area (Å²) in [6.07, 6.45) is 1.49. The molecule has 1 heterocycles. The monoisotopic (exact) mass is 613 g/mol. The van der Waals surface area contributed by atoms with Gasteiger partial charge in [-0.05, 0) is 79.1 Å². The molecule has 6 nitrogen and oxygen atoms in total. The average molecular weight is 615 g/mol. The van der Waals surface area contributed by atoms with Crippen LogP contribution in [0.5, 0.6) is 0 Å². The molecular formula is C32H33Cl2NO5S. The number of sulfone groups is 1. The van der Waals surface area contributed by atoms with E-state index in [2.05, 4.69) is 0 Å². The van der Waals surface area contributed by atoms with Crippen molar-refractivity contribution in [2.24, 2.45) is 11.3 Å². The number of nitrogens with zero attached hydrogens (tertiary/aromatic N) is 1. The van der Waals surface area contributed by atoms with E-state index in [0.717, 1.165) is 24.0 Å². The smallest absolute Gasteiger partial charge is 0.304 e. The maximum atomic E-state index is 14.6. The maximum absolute atomic E-state index is 14.6. The fourth-order valence-corrected chi connectivity index (χ4v) is 8.62. The molecule has 1 N–H and O–H groups in total. The number of hydrogen-bond donors (Lipinski definition) is 1. The number of aryl methyl sites for hydroxylation is 1. The molecule has 41 heavy (non-hydrogen) atoms. The van der Waals surface area contributed by atoms with E-state index in [1.54, 1.807) is 61.2 Å². The first-order chi connectivity index (χ1) is 19.4. The van der Waals surface area contributed by atoms with E-state index >= 15 is 0 Å². The van der Waals surface area contributed by atoms with Crippen molar-refractivity contribution >= 4 is 44.9 Å². The Morgan fingerprint density at radius 1 is 1.00 bits per heavy atom. The quantitative estimate of drug-likeness (QED) is 0.278. The van der Waals surface area contributed by atoms with Crippen molar-refractivity contribution in [1.82, 2.24) is 4.90 Å². The second kappa shape index (κ2) is 11.4. The molecule has 1 aliphatic carbocycles. The molecule has 0 unspecified atom stereocenters. The summed E-state index contributed by atoms with van der Waals surface area (Å²) in [5, 5.41) is 10.9. The first-order valence-corrected chi connectivity index (χ1v) is 16.1. The lowest BCUT2D eigenvalue weighted by atomic mass is 9.67. The molecule has 0 bridgehead atoms. The molecule has 216 valence electrons. The minimum Gasteiger partial charge on any atom is -0.481 e. The van der Waals surface area contributed by atoms with E-state index < -0.39 is 33.3 Å². The molecule has 3 aromatic carbocycles. The number of carboxylic acids is 1. The zero-order chi connectivity index (χ0) is 29.5. The number of carboxylic acid groups (broad SMARTS) is 1.